The molecule has 0 N–H and O–H groups in total. The molecule has 0 fully saturated rings. The average Bonchev–Trinajstić information content (AvgIpc) is 2.17. The van der Waals surface area contributed by atoms with Gasteiger partial charge in [0, 0.05) is 5.39 Å². The topological polar surface area (TPSA) is 36.7 Å². The Hall–Kier alpha value is -1.95. The van der Waals surface area contributed by atoms with E-state index in [1.165, 1.54) is 6.07 Å². The molecule has 68 valence electrons. The van der Waals surface area contributed by atoms with Gasteiger partial charge < -0.3 is 0 Å². The van der Waals surface area contributed by atoms with E-state index in [0.29, 0.717) is 0 Å². The third-order valence-corrected chi connectivity index (χ3v) is 2.00. The van der Waals surface area contributed by atoms with Crippen molar-refractivity contribution in [2.75, 3.05) is 0 Å². The molecule has 1 aromatic carbocycles. The molecule has 14 heavy (non-hydrogen) atoms. The molecule has 2 rings (SSSR count). The predicted molar refractivity (Wildman–Crippen MR) is 51.2 cm³/mol. The smallest absolute Gasteiger partial charge is 0.149 e. The number of nitrogens with zero attached hydrogens (tertiary/aromatic N) is 2. The van der Waals surface area contributed by atoms with Crippen molar-refractivity contribution in [3.63, 3.8) is 0 Å². The summed E-state index contributed by atoms with van der Waals surface area (Å²) in [5.41, 5.74) is 1.34. The standard InChI is InChI=1S/C11H7FN2/c1-7-4-8-2-3-9(6-13)14-11(8)10(12)5-7/h2-5H,1H3. The highest BCUT2D eigenvalue weighted by atomic mass is 19.1. The summed E-state index contributed by atoms with van der Waals surface area (Å²) < 4.78 is 13.4. The van der Waals surface area contributed by atoms with Crippen LogP contribution in [0, 0.1) is 24.1 Å². The van der Waals surface area contributed by atoms with Crippen LogP contribution in [-0.4, -0.2) is 4.98 Å². The maximum absolute atomic E-state index is 13.4. The molecule has 0 aliphatic rings. The minimum Gasteiger partial charge on any atom is -0.234 e. The highest BCUT2D eigenvalue weighted by molar-refractivity contribution is 5.80. The fourth-order valence-electron chi connectivity index (χ4n) is 1.40. The number of fused-ring (bicyclic) bond motifs is 1. The summed E-state index contributed by atoms with van der Waals surface area (Å²) in [5, 5.41) is 9.33. The molecule has 0 atom stereocenters. The maximum atomic E-state index is 13.4. The monoisotopic (exact) mass is 186 g/mol. The first-order valence-corrected chi connectivity index (χ1v) is 4.18. The molecular formula is C11H7FN2. The second-order valence-electron chi connectivity index (χ2n) is 3.13. The molecule has 3 heteroatoms. The van der Waals surface area contributed by atoms with Crippen molar-refractivity contribution in [2.45, 2.75) is 6.92 Å². The summed E-state index contributed by atoms with van der Waals surface area (Å²) in [6.07, 6.45) is 0. The number of nitriles is 1. The Bertz CT molecular complexity index is 541. The van der Waals surface area contributed by atoms with Gasteiger partial charge in [0.1, 0.15) is 23.1 Å². The highest BCUT2D eigenvalue weighted by Gasteiger charge is 2.04. The molecular weight excluding hydrogens is 179 g/mol. The molecule has 0 aliphatic carbocycles. The van der Waals surface area contributed by atoms with E-state index in [9.17, 15) is 4.39 Å². The maximum Gasteiger partial charge on any atom is 0.149 e. The van der Waals surface area contributed by atoms with E-state index in [-0.39, 0.29) is 17.0 Å². The summed E-state index contributed by atoms with van der Waals surface area (Å²) in [6.45, 7) is 1.82. The van der Waals surface area contributed by atoms with E-state index in [1.54, 1.807) is 12.1 Å². The van der Waals surface area contributed by atoms with E-state index in [2.05, 4.69) is 4.98 Å². The zero-order chi connectivity index (χ0) is 10.1. The van der Waals surface area contributed by atoms with Gasteiger partial charge in [-0.05, 0) is 36.8 Å². The lowest BCUT2D eigenvalue weighted by molar-refractivity contribution is 0.635. The zero-order valence-electron chi connectivity index (χ0n) is 7.58. The minimum atomic E-state index is -0.378. The summed E-state index contributed by atoms with van der Waals surface area (Å²) >= 11 is 0. The van der Waals surface area contributed by atoms with Gasteiger partial charge in [-0.25, -0.2) is 9.37 Å². The molecule has 0 spiro atoms. The summed E-state index contributed by atoms with van der Waals surface area (Å²) in [6, 6.07) is 8.43. The van der Waals surface area contributed by atoms with Gasteiger partial charge in [-0.2, -0.15) is 5.26 Å². The number of benzene rings is 1. The second kappa shape index (κ2) is 3.08. The van der Waals surface area contributed by atoms with Crippen molar-refractivity contribution in [3.05, 3.63) is 41.3 Å². The number of hydrogen-bond donors (Lipinski definition) is 0. The lowest BCUT2D eigenvalue weighted by Gasteiger charge is -2.00. The van der Waals surface area contributed by atoms with Gasteiger partial charge in [0.05, 0.1) is 0 Å². The van der Waals surface area contributed by atoms with Crippen LogP contribution in [0.1, 0.15) is 11.3 Å². The Kier molecular flexibility index (Phi) is 1.90. The first kappa shape index (κ1) is 8.64. The zero-order valence-corrected chi connectivity index (χ0v) is 7.58. The van der Waals surface area contributed by atoms with Gasteiger partial charge in [0.2, 0.25) is 0 Å². The van der Waals surface area contributed by atoms with Crippen LogP contribution in [0.4, 0.5) is 4.39 Å². The Labute approximate surface area is 80.6 Å². The molecule has 0 saturated heterocycles. The van der Waals surface area contributed by atoms with Crippen LogP contribution in [0.2, 0.25) is 0 Å². The van der Waals surface area contributed by atoms with Crippen LogP contribution in [0.5, 0.6) is 0 Å². The van der Waals surface area contributed by atoms with E-state index in [0.717, 1.165) is 10.9 Å². The molecule has 2 nitrogen and oxygen atoms in total. The van der Waals surface area contributed by atoms with E-state index in [1.807, 2.05) is 19.1 Å². The molecule has 0 aliphatic heterocycles. The van der Waals surface area contributed by atoms with Gasteiger partial charge in [-0.1, -0.05) is 0 Å². The van der Waals surface area contributed by atoms with E-state index >= 15 is 0 Å². The summed E-state index contributed by atoms with van der Waals surface area (Å²) in [7, 11) is 0. The Morgan fingerprint density at radius 3 is 2.86 bits per heavy atom. The number of halogens is 1. The average molecular weight is 186 g/mol. The van der Waals surface area contributed by atoms with Crippen molar-refractivity contribution >= 4 is 10.9 Å². The molecule has 0 unspecified atom stereocenters. The first-order valence-electron chi connectivity index (χ1n) is 4.18. The Morgan fingerprint density at radius 1 is 1.36 bits per heavy atom. The lowest BCUT2D eigenvalue weighted by Crippen LogP contribution is -1.89. The van der Waals surface area contributed by atoms with Crippen LogP contribution in [0.3, 0.4) is 0 Å². The summed E-state index contributed by atoms with van der Waals surface area (Å²) in [5.74, 6) is -0.378. The van der Waals surface area contributed by atoms with Gasteiger partial charge >= 0.3 is 0 Å². The van der Waals surface area contributed by atoms with Gasteiger partial charge in [0.15, 0.2) is 0 Å². The van der Waals surface area contributed by atoms with Crippen LogP contribution in [0.25, 0.3) is 10.9 Å². The minimum absolute atomic E-state index is 0.236. The number of aryl methyl sites for hydroxylation is 1. The summed E-state index contributed by atoms with van der Waals surface area (Å²) in [4.78, 5) is 3.90. The number of aromatic nitrogens is 1. The second-order valence-corrected chi connectivity index (χ2v) is 3.13. The molecule has 0 saturated carbocycles. The first-order chi connectivity index (χ1) is 6.70. The van der Waals surface area contributed by atoms with Crippen LogP contribution >= 0.6 is 0 Å². The quantitative estimate of drug-likeness (QED) is 0.634. The van der Waals surface area contributed by atoms with Crippen LogP contribution < -0.4 is 0 Å². The normalized spacial score (nSPS) is 10.1. The van der Waals surface area contributed by atoms with Gasteiger partial charge in [-0.3, -0.25) is 0 Å². The van der Waals surface area contributed by atoms with E-state index in [4.69, 9.17) is 5.26 Å². The highest BCUT2D eigenvalue weighted by Crippen LogP contribution is 2.18. The molecule has 0 bridgehead atoms. The fourth-order valence-corrected chi connectivity index (χ4v) is 1.40. The van der Waals surface area contributed by atoms with Gasteiger partial charge in [0.25, 0.3) is 0 Å². The third kappa shape index (κ3) is 1.31. The largest absolute Gasteiger partial charge is 0.234 e. The third-order valence-electron chi connectivity index (χ3n) is 2.00. The van der Waals surface area contributed by atoms with Gasteiger partial charge in [-0.15, -0.1) is 0 Å². The molecule has 2 aromatic rings. The van der Waals surface area contributed by atoms with Crippen molar-refractivity contribution < 1.29 is 4.39 Å². The van der Waals surface area contributed by atoms with Crippen molar-refractivity contribution in [3.8, 4) is 6.07 Å². The number of pyridine rings is 1. The SMILES string of the molecule is Cc1cc(F)c2nc(C#N)ccc2c1. The molecule has 1 heterocycles. The van der Waals surface area contributed by atoms with E-state index < -0.39 is 0 Å². The van der Waals surface area contributed by atoms with Crippen LogP contribution in [0.15, 0.2) is 24.3 Å². The predicted octanol–water partition coefficient (Wildman–Crippen LogP) is 2.55. The van der Waals surface area contributed by atoms with Crippen molar-refractivity contribution in [1.29, 1.82) is 5.26 Å². The molecule has 0 amide bonds. The number of hydrogen-bond acceptors (Lipinski definition) is 2. The fraction of sp³-hybridized carbons (Fsp3) is 0.0909. The molecule has 0 radical (unpaired) electrons. The molecule has 1 aromatic heterocycles. The number of rotatable bonds is 0. The lowest BCUT2D eigenvalue weighted by atomic mass is 10.1. The Morgan fingerprint density at radius 2 is 2.14 bits per heavy atom. The van der Waals surface area contributed by atoms with Crippen molar-refractivity contribution in [1.82, 2.24) is 4.98 Å². The van der Waals surface area contributed by atoms with Crippen molar-refractivity contribution in [2.24, 2.45) is 0 Å². The van der Waals surface area contributed by atoms with Crippen LogP contribution in [-0.2, 0) is 0 Å². The Balaban J connectivity index is 2.84.